The maximum absolute atomic E-state index is 12.3. The number of anilines is 1. The molecule has 0 bridgehead atoms. The predicted molar refractivity (Wildman–Crippen MR) is 115 cm³/mol. The van der Waals surface area contributed by atoms with E-state index in [1.807, 2.05) is 12.1 Å². The lowest BCUT2D eigenvalue weighted by Crippen LogP contribution is -2.22. The zero-order valence-electron chi connectivity index (χ0n) is 16.1. The number of nitrogens with one attached hydrogen (secondary N) is 2. The van der Waals surface area contributed by atoms with Gasteiger partial charge in [0.1, 0.15) is 5.75 Å². The van der Waals surface area contributed by atoms with Crippen LogP contribution >= 0.6 is 11.6 Å². The summed E-state index contributed by atoms with van der Waals surface area (Å²) >= 11 is 5.91. The molecule has 0 spiro atoms. The van der Waals surface area contributed by atoms with E-state index in [1.165, 1.54) is 13.0 Å². The Labute approximate surface area is 178 Å². The molecular weight excluding hydrogens is 404 g/mol. The molecule has 0 radical (unpaired) electrons. The van der Waals surface area contributed by atoms with Crippen molar-refractivity contribution >= 4 is 35.1 Å². The van der Waals surface area contributed by atoms with E-state index in [0.717, 1.165) is 5.56 Å². The molecule has 0 saturated carbocycles. The number of hydrogen-bond donors (Lipinski definition) is 2. The van der Waals surface area contributed by atoms with Gasteiger partial charge < -0.3 is 15.4 Å². The third-order valence-electron chi connectivity index (χ3n) is 4.11. The smallest absolute Gasteiger partial charge is 0.308 e. The van der Waals surface area contributed by atoms with E-state index in [1.54, 1.807) is 54.6 Å². The Hall–Kier alpha value is -3.64. The second-order valence-corrected chi connectivity index (χ2v) is 6.90. The van der Waals surface area contributed by atoms with Crippen molar-refractivity contribution in [2.24, 2.45) is 0 Å². The molecule has 0 heterocycles. The van der Waals surface area contributed by atoms with E-state index in [-0.39, 0.29) is 11.8 Å². The summed E-state index contributed by atoms with van der Waals surface area (Å²) in [7, 11) is 0. The van der Waals surface area contributed by atoms with Gasteiger partial charge in [0.15, 0.2) is 0 Å². The van der Waals surface area contributed by atoms with Crippen molar-refractivity contribution in [1.29, 1.82) is 0 Å². The minimum atomic E-state index is -0.449. The summed E-state index contributed by atoms with van der Waals surface area (Å²) < 4.78 is 4.99. The molecule has 30 heavy (non-hydrogen) atoms. The van der Waals surface area contributed by atoms with Gasteiger partial charge in [-0.2, -0.15) is 0 Å². The quantitative estimate of drug-likeness (QED) is 0.454. The zero-order valence-corrected chi connectivity index (χ0v) is 16.9. The van der Waals surface area contributed by atoms with Crippen molar-refractivity contribution in [2.75, 3.05) is 5.32 Å². The van der Waals surface area contributed by atoms with E-state index < -0.39 is 5.97 Å². The highest BCUT2D eigenvalue weighted by Crippen LogP contribution is 2.16. The fraction of sp³-hybridized carbons (Fsp3) is 0.0870. The van der Waals surface area contributed by atoms with E-state index >= 15 is 0 Å². The number of halogens is 1. The van der Waals surface area contributed by atoms with Crippen molar-refractivity contribution in [3.05, 3.63) is 94.5 Å². The van der Waals surface area contributed by atoms with Crippen LogP contribution in [0.15, 0.2) is 72.8 Å². The third kappa shape index (κ3) is 5.93. The number of ether oxygens (including phenoxy) is 1. The zero-order chi connectivity index (χ0) is 21.5. The largest absolute Gasteiger partial charge is 0.427 e. The van der Waals surface area contributed by atoms with E-state index in [0.29, 0.717) is 34.1 Å². The normalized spacial score (nSPS) is 10.2. The first kappa shape index (κ1) is 21.1. The van der Waals surface area contributed by atoms with Crippen LogP contribution in [-0.4, -0.2) is 17.8 Å². The Balaban J connectivity index is 1.56. The lowest BCUT2D eigenvalue weighted by atomic mass is 10.1. The van der Waals surface area contributed by atoms with Gasteiger partial charge in [-0.1, -0.05) is 35.9 Å². The molecule has 0 unspecified atom stereocenters. The summed E-state index contributed by atoms with van der Waals surface area (Å²) in [6.45, 7) is 1.60. The minimum Gasteiger partial charge on any atom is -0.427 e. The van der Waals surface area contributed by atoms with Crippen molar-refractivity contribution in [1.82, 2.24) is 5.32 Å². The summed E-state index contributed by atoms with van der Waals surface area (Å²) in [5.74, 6) is -0.682. The average Bonchev–Trinajstić information content (AvgIpc) is 2.72. The summed E-state index contributed by atoms with van der Waals surface area (Å²) in [6.07, 6.45) is 0. The summed E-state index contributed by atoms with van der Waals surface area (Å²) in [5, 5.41) is 6.10. The van der Waals surface area contributed by atoms with E-state index in [2.05, 4.69) is 10.6 Å². The first-order valence-corrected chi connectivity index (χ1v) is 9.51. The summed E-state index contributed by atoms with van der Waals surface area (Å²) in [5.41, 5.74) is 2.35. The second-order valence-electron chi connectivity index (χ2n) is 6.47. The summed E-state index contributed by atoms with van der Waals surface area (Å²) in [4.78, 5) is 35.6. The van der Waals surface area contributed by atoms with Crippen LogP contribution in [0.4, 0.5) is 5.69 Å². The molecule has 0 aliphatic heterocycles. The molecule has 0 aromatic heterocycles. The summed E-state index contributed by atoms with van der Waals surface area (Å²) in [6, 6.07) is 20.2. The lowest BCUT2D eigenvalue weighted by molar-refractivity contribution is -0.131. The molecule has 2 N–H and O–H groups in total. The highest BCUT2D eigenvalue weighted by Gasteiger charge is 2.09. The number of amides is 2. The Bertz CT molecular complexity index is 1080. The predicted octanol–water partition coefficient (Wildman–Crippen LogP) is 4.45. The topological polar surface area (TPSA) is 84.5 Å². The molecule has 0 aliphatic rings. The first-order chi connectivity index (χ1) is 14.4. The highest BCUT2D eigenvalue weighted by molar-refractivity contribution is 6.31. The minimum absolute atomic E-state index is 0.258. The van der Waals surface area contributed by atoms with Gasteiger partial charge in [0.25, 0.3) is 11.8 Å². The number of rotatable bonds is 6. The second kappa shape index (κ2) is 9.71. The van der Waals surface area contributed by atoms with Crippen LogP contribution in [0.3, 0.4) is 0 Å². The van der Waals surface area contributed by atoms with Crippen LogP contribution in [0, 0.1) is 0 Å². The number of benzene rings is 3. The Morgan fingerprint density at radius 2 is 1.53 bits per heavy atom. The molecule has 0 atom stereocenters. The molecule has 152 valence electrons. The van der Waals surface area contributed by atoms with Gasteiger partial charge in [0.05, 0.1) is 0 Å². The van der Waals surface area contributed by atoms with Crippen molar-refractivity contribution in [3.8, 4) is 5.75 Å². The van der Waals surface area contributed by atoms with Crippen molar-refractivity contribution in [3.63, 3.8) is 0 Å². The van der Waals surface area contributed by atoms with Gasteiger partial charge in [0.2, 0.25) is 0 Å². The molecule has 0 fully saturated rings. The van der Waals surface area contributed by atoms with E-state index in [9.17, 15) is 14.4 Å². The molecule has 3 aromatic rings. The average molecular weight is 423 g/mol. The maximum Gasteiger partial charge on any atom is 0.308 e. The van der Waals surface area contributed by atoms with Gasteiger partial charge in [-0.25, -0.2) is 0 Å². The molecule has 7 heteroatoms. The third-order valence-corrected chi connectivity index (χ3v) is 4.34. The van der Waals surface area contributed by atoms with Crippen molar-refractivity contribution in [2.45, 2.75) is 13.5 Å². The number of carbonyl (C=O) groups is 3. The molecule has 3 aromatic carbocycles. The number of carbonyl (C=O) groups excluding carboxylic acids is 3. The van der Waals surface area contributed by atoms with Gasteiger partial charge in [-0.15, -0.1) is 0 Å². The maximum atomic E-state index is 12.3. The van der Waals surface area contributed by atoms with Crippen LogP contribution in [0.2, 0.25) is 5.02 Å². The van der Waals surface area contributed by atoms with Crippen LogP contribution in [0.5, 0.6) is 5.75 Å². The number of hydrogen-bond acceptors (Lipinski definition) is 4. The van der Waals surface area contributed by atoms with Crippen molar-refractivity contribution < 1.29 is 19.1 Å². The lowest BCUT2D eigenvalue weighted by Gasteiger charge is -2.09. The standard InChI is InChI=1S/C23H19ClN2O4/c1-15(27)30-21-7-3-5-18(13-21)22(28)25-14-16-8-10-20(11-9-16)26-23(29)17-4-2-6-19(24)12-17/h2-13H,14H2,1H3,(H,25,28)(H,26,29). The van der Waals surface area contributed by atoms with Crippen LogP contribution in [0.1, 0.15) is 33.2 Å². The molecule has 2 amide bonds. The molecule has 6 nitrogen and oxygen atoms in total. The van der Waals surface area contributed by atoms with Gasteiger partial charge in [-0.3, -0.25) is 14.4 Å². The van der Waals surface area contributed by atoms with Gasteiger partial charge in [-0.05, 0) is 54.1 Å². The monoisotopic (exact) mass is 422 g/mol. The SMILES string of the molecule is CC(=O)Oc1cccc(C(=O)NCc2ccc(NC(=O)c3cccc(Cl)c3)cc2)c1. The van der Waals surface area contributed by atoms with Gasteiger partial charge in [0, 0.05) is 35.3 Å². The Morgan fingerprint density at radius 3 is 2.20 bits per heavy atom. The highest BCUT2D eigenvalue weighted by atomic mass is 35.5. The van der Waals surface area contributed by atoms with Gasteiger partial charge >= 0.3 is 5.97 Å². The molecular formula is C23H19ClN2O4. The van der Waals surface area contributed by atoms with Crippen LogP contribution in [0.25, 0.3) is 0 Å². The van der Waals surface area contributed by atoms with E-state index in [4.69, 9.17) is 16.3 Å². The Kier molecular flexibility index (Phi) is 6.83. The molecule has 0 aliphatic carbocycles. The first-order valence-electron chi connectivity index (χ1n) is 9.13. The fourth-order valence-corrected chi connectivity index (χ4v) is 2.88. The number of esters is 1. The molecule has 3 rings (SSSR count). The van der Waals surface area contributed by atoms with Crippen LogP contribution < -0.4 is 15.4 Å². The molecule has 0 saturated heterocycles. The Morgan fingerprint density at radius 1 is 0.867 bits per heavy atom. The van der Waals surface area contributed by atoms with Crippen LogP contribution in [-0.2, 0) is 11.3 Å². The fourth-order valence-electron chi connectivity index (χ4n) is 2.69.